The number of benzene rings is 2. The van der Waals surface area contributed by atoms with E-state index in [1.54, 1.807) is 12.1 Å². The number of ketones is 1. The third-order valence-electron chi connectivity index (χ3n) is 3.77. The van der Waals surface area contributed by atoms with Gasteiger partial charge >= 0.3 is 0 Å². The van der Waals surface area contributed by atoms with E-state index in [-0.39, 0.29) is 5.78 Å². The number of anilines is 1. The summed E-state index contributed by atoms with van der Waals surface area (Å²) in [4.78, 5) is 17.2. The van der Waals surface area contributed by atoms with Crippen LogP contribution in [0.3, 0.4) is 0 Å². The van der Waals surface area contributed by atoms with Crippen LogP contribution in [0.1, 0.15) is 21.6 Å². The zero-order valence-electron chi connectivity index (χ0n) is 13.5. The smallest absolute Gasteiger partial charge is 0.188 e. The molecule has 0 aliphatic carbocycles. The van der Waals surface area contributed by atoms with E-state index in [4.69, 9.17) is 5.73 Å². The summed E-state index contributed by atoms with van der Waals surface area (Å²) in [5.41, 5.74) is 9.75. The molecular weight excluding hydrogens is 298 g/mol. The van der Waals surface area contributed by atoms with Gasteiger partial charge in [0.15, 0.2) is 5.78 Å². The van der Waals surface area contributed by atoms with E-state index >= 15 is 0 Å². The van der Waals surface area contributed by atoms with E-state index in [0.717, 1.165) is 16.6 Å². The van der Waals surface area contributed by atoms with Crippen LogP contribution in [0.2, 0.25) is 0 Å². The van der Waals surface area contributed by atoms with Gasteiger partial charge in [0.2, 0.25) is 0 Å². The molecule has 3 aromatic rings. The minimum Gasteiger partial charge on any atom is -0.398 e. The summed E-state index contributed by atoms with van der Waals surface area (Å²) in [7, 11) is 1.85. The zero-order valence-corrected chi connectivity index (χ0v) is 13.5. The molecule has 24 heavy (non-hydrogen) atoms. The molecule has 4 heteroatoms. The molecule has 0 bridgehead atoms. The Labute approximate surface area is 141 Å². The Morgan fingerprint density at radius 3 is 2.71 bits per heavy atom. The van der Waals surface area contributed by atoms with Gasteiger partial charge < -0.3 is 11.1 Å². The standard InChI is InChI=1S/C20H19N3O/c1-22-13-15-12-18(21)16-8-5-9-17(20(16)23-15)19(24)11-10-14-6-3-2-4-7-14/h2-12,22H,13H2,1H3,(H2,21,23). The topological polar surface area (TPSA) is 68.0 Å². The Balaban J connectivity index is 2.02. The molecular formula is C20H19N3O. The fraction of sp³-hybridized carbons (Fsp3) is 0.100. The van der Waals surface area contributed by atoms with Crippen molar-refractivity contribution in [2.45, 2.75) is 6.54 Å². The predicted molar refractivity (Wildman–Crippen MR) is 98.7 cm³/mol. The number of pyridine rings is 1. The van der Waals surface area contributed by atoms with Crippen LogP contribution in [0.15, 0.2) is 60.7 Å². The summed E-state index contributed by atoms with van der Waals surface area (Å²) in [5, 5.41) is 3.85. The van der Waals surface area contributed by atoms with Gasteiger partial charge in [-0.15, -0.1) is 0 Å². The van der Waals surface area contributed by atoms with Crippen molar-refractivity contribution >= 4 is 28.4 Å². The van der Waals surface area contributed by atoms with Gasteiger partial charge in [-0.05, 0) is 30.8 Å². The minimum absolute atomic E-state index is 0.0852. The maximum Gasteiger partial charge on any atom is 0.188 e. The van der Waals surface area contributed by atoms with Crippen molar-refractivity contribution in [1.82, 2.24) is 10.3 Å². The molecule has 0 fully saturated rings. The molecule has 0 aliphatic heterocycles. The number of nitrogens with zero attached hydrogens (tertiary/aromatic N) is 1. The largest absolute Gasteiger partial charge is 0.398 e. The Hall–Kier alpha value is -2.98. The van der Waals surface area contributed by atoms with Gasteiger partial charge in [0.05, 0.1) is 11.2 Å². The molecule has 1 aromatic heterocycles. The first-order chi connectivity index (χ1) is 11.7. The molecule has 0 radical (unpaired) electrons. The Morgan fingerprint density at radius 1 is 1.17 bits per heavy atom. The Morgan fingerprint density at radius 2 is 1.96 bits per heavy atom. The Kier molecular flexibility index (Phi) is 4.68. The number of allylic oxidation sites excluding steroid dienone is 1. The van der Waals surface area contributed by atoms with Crippen LogP contribution in [0.25, 0.3) is 17.0 Å². The lowest BCUT2D eigenvalue weighted by molar-refractivity contribution is 0.104. The molecule has 0 atom stereocenters. The number of para-hydroxylation sites is 1. The molecule has 2 aromatic carbocycles. The van der Waals surface area contributed by atoms with Crippen molar-refractivity contribution in [2.75, 3.05) is 12.8 Å². The minimum atomic E-state index is -0.0852. The molecule has 0 unspecified atom stereocenters. The van der Waals surface area contributed by atoms with E-state index < -0.39 is 0 Å². The number of nitrogen functional groups attached to an aromatic ring is 1. The highest BCUT2D eigenvalue weighted by molar-refractivity contribution is 6.15. The maximum absolute atomic E-state index is 12.6. The summed E-state index contributed by atoms with van der Waals surface area (Å²) in [6.07, 6.45) is 3.38. The summed E-state index contributed by atoms with van der Waals surface area (Å²) < 4.78 is 0. The number of hydrogen-bond donors (Lipinski definition) is 2. The molecule has 4 nitrogen and oxygen atoms in total. The van der Waals surface area contributed by atoms with E-state index in [1.807, 2.05) is 61.7 Å². The summed E-state index contributed by atoms with van der Waals surface area (Å²) in [6.45, 7) is 0.600. The summed E-state index contributed by atoms with van der Waals surface area (Å²) in [6, 6.07) is 17.1. The van der Waals surface area contributed by atoms with Crippen LogP contribution in [0.5, 0.6) is 0 Å². The van der Waals surface area contributed by atoms with E-state index in [2.05, 4.69) is 10.3 Å². The number of nitrogens with one attached hydrogen (secondary N) is 1. The lowest BCUT2D eigenvalue weighted by Crippen LogP contribution is -2.09. The Bertz CT molecular complexity index is 901. The second kappa shape index (κ2) is 7.06. The van der Waals surface area contributed by atoms with Gasteiger partial charge in [0.25, 0.3) is 0 Å². The molecule has 3 N–H and O–H groups in total. The summed E-state index contributed by atoms with van der Waals surface area (Å²) in [5.74, 6) is -0.0852. The lowest BCUT2D eigenvalue weighted by atomic mass is 10.0. The van der Waals surface area contributed by atoms with Crippen molar-refractivity contribution in [3.8, 4) is 0 Å². The van der Waals surface area contributed by atoms with E-state index in [9.17, 15) is 4.79 Å². The van der Waals surface area contributed by atoms with Crippen molar-refractivity contribution in [1.29, 1.82) is 0 Å². The van der Waals surface area contributed by atoms with Crippen molar-refractivity contribution in [2.24, 2.45) is 0 Å². The summed E-state index contributed by atoms with van der Waals surface area (Å²) >= 11 is 0. The number of nitrogens with two attached hydrogens (primary N) is 1. The second-order valence-corrected chi connectivity index (χ2v) is 5.54. The quantitative estimate of drug-likeness (QED) is 0.559. The molecule has 0 saturated carbocycles. The van der Waals surface area contributed by atoms with Crippen LogP contribution in [0.4, 0.5) is 5.69 Å². The molecule has 0 aliphatic rings. The zero-order chi connectivity index (χ0) is 16.9. The first-order valence-electron chi connectivity index (χ1n) is 7.79. The fourth-order valence-corrected chi connectivity index (χ4v) is 2.63. The maximum atomic E-state index is 12.6. The normalized spacial score (nSPS) is 11.2. The van der Waals surface area contributed by atoms with Crippen molar-refractivity contribution in [3.05, 3.63) is 77.5 Å². The SMILES string of the molecule is CNCc1cc(N)c2cccc(C(=O)C=Cc3ccccc3)c2n1. The van der Waals surface area contributed by atoms with Crippen LogP contribution >= 0.6 is 0 Å². The number of hydrogen-bond acceptors (Lipinski definition) is 4. The average molecular weight is 317 g/mol. The van der Waals surface area contributed by atoms with Gasteiger partial charge in [-0.2, -0.15) is 0 Å². The van der Waals surface area contributed by atoms with Crippen LogP contribution in [-0.2, 0) is 6.54 Å². The van der Waals surface area contributed by atoms with E-state index in [1.165, 1.54) is 0 Å². The van der Waals surface area contributed by atoms with Crippen molar-refractivity contribution in [3.63, 3.8) is 0 Å². The number of aromatic nitrogens is 1. The highest BCUT2D eigenvalue weighted by atomic mass is 16.1. The third kappa shape index (κ3) is 3.34. The first-order valence-corrected chi connectivity index (χ1v) is 7.79. The van der Waals surface area contributed by atoms with Crippen molar-refractivity contribution < 1.29 is 4.79 Å². The van der Waals surface area contributed by atoms with Crippen LogP contribution in [-0.4, -0.2) is 17.8 Å². The number of rotatable bonds is 5. The number of carbonyl (C=O) groups excluding carboxylic acids is 1. The number of carbonyl (C=O) groups is 1. The van der Waals surface area contributed by atoms with Crippen LogP contribution < -0.4 is 11.1 Å². The number of fused-ring (bicyclic) bond motifs is 1. The lowest BCUT2D eigenvalue weighted by Gasteiger charge is -2.08. The van der Waals surface area contributed by atoms with Gasteiger partial charge in [-0.25, -0.2) is 0 Å². The van der Waals surface area contributed by atoms with E-state index in [0.29, 0.717) is 23.3 Å². The fourth-order valence-electron chi connectivity index (χ4n) is 2.63. The van der Waals surface area contributed by atoms with Gasteiger partial charge in [0.1, 0.15) is 0 Å². The predicted octanol–water partition coefficient (Wildman–Crippen LogP) is 3.43. The van der Waals surface area contributed by atoms with Gasteiger partial charge in [-0.1, -0.05) is 48.5 Å². The molecule has 0 spiro atoms. The average Bonchev–Trinajstić information content (AvgIpc) is 2.60. The molecule has 3 rings (SSSR count). The molecule has 0 amide bonds. The monoisotopic (exact) mass is 317 g/mol. The first kappa shape index (κ1) is 15.9. The second-order valence-electron chi connectivity index (χ2n) is 5.54. The van der Waals surface area contributed by atoms with Gasteiger partial charge in [0, 0.05) is 23.2 Å². The molecule has 1 heterocycles. The highest BCUT2D eigenvalue weighted by Crippen LogP contribution is 2.24. The molecule has 0 saturated heterocycles. The molecule has 120 valence electrons. The third-order valence-corrected chi connectivity index (χ3v) is 3.77. The van der Waals surface area contributed by atoms with Crippen LogP contribution in [0, 0.1) is 0 Å². The van der Waals surface area contributed by atoms with Gasteiger partial charge in [-0.3, -0.25) is 9.78 Å². The highest BCUT2D eigenvalue weighted by Gasteiger charge is 2.11.